The molecule has 2 aliphatic rings. The van der Waals surface area contributed by atoms with E-state index in [0.29, 0.717) is 18.6 Å². The van der Waals surface area contributed by atoms with Crippen LogP contribution in [0.25, 0.3) is 0 Å². The fourth-order valence-electron chi connectivity index (χ4n) is 3.43. The van der Waals surface area contributed by atoms with Crippen molar-refractivity contribution in [2.45, 2.75) is 44.6 Å². The van der Waals surface area contributed by atoms with Gasteiger partial charge >= 0.3 is 0 Å². The normalized spacial score (nSPS) is 27.2. The molecule has 1 saturated carbocycles. The molecule has 4 heteroatoms. The van der Waals surface area contributed by atoms with Gasteiger partial charge in [0.05, 0.1) is 6.42 Å². The third kappa shape index (κ3) is 2.59. The molecule has 19 heavy (non-hydrogen) atoms. The van der Waals surface area contributed by atoms with Crippen molar-refractivity contribution in [3.05, 3.63) is 22.4 Å². The van der Waals surface area contributed by atoms with Gasteiger partial charge in [-0.25, -0.2) is 0 Å². The second kappa shape index (κ2) is 5.45. The van der Waals surface area contributed by atoms with Crippen molar-refractivity contribution < 1.29 is 9.59 Å². The summed E-state index contributed by atoms with van der Waals surface area (Å²) in [7, 11) is 0. The Kier molecular flexibility index (Phi) is 3.69. The Morgan fingerprint density at radius 3 is 2.95 bits per heavy atom. The Balaban J connectivity index is 1.68. The Hall–Kier alpha value is -1.16. The number of likely N-dealkylation sites (tertiary alicyclic amines) is 1. The van der Waals surface area contributed by atoms with Gasteiger partial charge in [0.15, 0.2) is 0 Å². The lowest BCUT2D eigenvalue weighted by Crippen LogP contribution is -2.42. The minimum Gasteiger partial charge on any atom is -0.339 e. The SMILES string of the molecule is O=C1CCCC1C1CCCN1C(=O)Cc1cccs1. The predicted molar refractivity (Wildman–Crippen MR) is 75.1 cm³/mol. The van der Waals surface area contributed by atoms with Crippen LogP contribution in [-0.4, -0.2) is 29.2 Å². The lowest BCUT2D eigenvalue weighted by molar-refractivity contribution is -0.133. The van der Waals surface area contributed by atoms with E-state index in [1.807, 2.05) is 22.4 Å². The van der Waals surface area contributed by atoms with E-state index in [0.717, 1.165) is 37.1 Å². The Labute approximate surface area is 117 Å². The first-order chi connectivity index (χ1) is 9.25. The molecule has 1 aromatic heterocycles. The number of hydrogen-bond acceptors (Lipinski definition) is 3. The lowest BCUT2D eigenvalue weighted by Gasteiger charge is -2.28. The predicted octanol–water partition coefficient (Wildman–Crippen LogP) is 2.65. The summed E-state index contributed by atoms with van der Waals surface area (Å²) in [4.78, 5) is 27.4. The van der Waals surface area contributed by atoms with E-state index in [1.54, 1.807) is 11.3 Å². The van der Waals surface area contributed by atoms with Crippen molar-refractivity contribution in [2.75, 3.05) is 6.54 Å². The minimum atomic E-state index is 0.120. The molecule has 1 aliphatic heterocycles. The van der Waals surface area contributed by atoms with Crippen LogP contribution in [0.3, 0.4) is 0 Å². The summed E-state index contributed by atoms with van der Waals surface area (Å²) in [6, 6.07) is 4.17. The van der Waals surface area contributed by atoms with Crippen molar-refractivity contribution >= 4 is 23.0 Å². The molecule has 2 atom stereocenters. The third-order valence-corrected chi connectivity index (χ3v) is 5.22. The minimum absolute atomic E-state index is 0.120. The number of thiophene rings is 1. The molecule has 1 aromatic rings. The number of carbonyl (C=O) groups is 2. The van der Waals surface area contributed by atoms with E-state index in [1.165, 1.54) is 0 Å². The van der Waals surface area contributed by atoms with E-state index in [9.17, 15) is 9.59 Å². The van der Waals surface area contributed by atoms with Gasteiger partial charge in [0.2, 0.25) is 5.91 Å². The van der Waals surface area contributed by atoms with E-state index in [2.05, 4.69) is 0 Å². The fourth-order valence-corrected chi connectivity index (χ4v) is 4.13. The second-order valence-electron chi connectivity index (χ2n) is 5.52. The highest BCUT2D eigenvalue weighted by Crippen LogP contribution is 2.33. The maximum atomic E-state index is 12.4. The van der Waals surface area contributed by atoms with Gasteiger partial charge in [-0.2, -0.15) is 0 Å². The molecule has 1 amide bonds. The van der Waals surface area contributed by atoms with Crippen molar-refractivity contribution in [3.63, 3.8) is 0 Å². The molecule has 3 rings (SSSR count). The van der Waals surface area contributed by atoms with Gasteiger partial charge in [-0.3, -0.25) is 9.59 Å². The first-order valence-corrected chi connectivity index (χ1v) is 7.98. The molecule has 0 aromatic carbocycles. The molecule has 1 aliphatic carbocycles. The largest absolute Gasteiger partial charge is 0.339 e. The highest BCUT2D eigenvalue weighted by atomic mass is 32.1. The first-order valence-electron chi connectivity index (χ1n) is 7.10. The Morgan fingerprint density at radius 1 is 1.37 bits per heavy atom. The molecule has 0 bridgehead atoms. The maximum Gasteiger partial charge on any atom is 0.228 e. The average molecular weight is 277 g/mol. The van der Waals surface area contributed by atoms with Crippen LogP contribution in [0.1, 0.15) is 37.0 Å². The molecule has 0 spiro atoms. The van der Waals surface area contributed by atoms with Crippen LogP contribution >= 0.6 is 11.3 Å². The molecule has 102 valence electrons. The molecular formula is C15H19NO2S. The smallest absolute Gasteiger partial charge is 0.228 e. The van der Waals surface area contributed by atoms with E-state index >= 15 is 0 Å². The molecule has 3 nitrogen and oxygen atoms in total. The third-order valence-electron chi connectivity index (χ3n) is 4.34. The summed E-state index contributed by atoms with van der Waals surface area (Å²) in [6.45, 7) is 0.832. The van der Waals surface area contributed by atoms with Gasteiger partial charge in [0.25, 0.3) is 0 Å². The summed E-state index contributed by atoms with van der Waals surface area (Å²) in [5.74, 6) is 0.695. The van der Waals surface area contributed by atoms with Crippen molar-refractivity contribution in [1.82, 2.24) is 4.90 Å². The van der Waals surface area contributed by atoms with Crippen LogP contribution in [0, 0.1) is 5.92 Å². The van der Waals surface area contributed by atoms with Crippen molar-refractivity contribution in [3.8, 4) is 0 Å². The summed E-state index contributed by atoms with van der Waals surface area (Å²) >= 11 is 1.63. The van der Waals surface area contributed by atoms with Crippen molar-refractivity contribution in [1.29, 1.82) is 0 Å². The zero-order valence-corrected chi connectivity index (χ0v) is 11.8. The first kappa shape index (κ1) is 12.9. The number of nitrogens with zero attached hydrogens (tertiary/aromatic N) is 1. The molecule has 0 radical (unpaired) electrons. The van der Waals surface area contributed by atoms with Gasteiger partial charge in [-0.05, 0) is 37.1 Å². The number of hydrogen-bond donors (Lipinski definition) is 0. The number of ketones is 1. The molecule has 1 saturated heterocycles. The summed E-state index contributed by atoms with van der Waals surface area (Å²) in [5.41, 5.74) is 0. The van der Waals surface area contributed by atoms with Crippen LogP contribution in [0.5, 0.6) is 0 Å². The van der Waals surface area contributed by atoms with Gasteiger partial charge in [-0.1, -0.05) is 6.07 Å². The monoisotopic (exact) mass is 277 g/mol. The summed E-state index contributed by atoms with van der Waals surface area (Å²) in [6.07, 6.45) is 5.25. The number of carbonyl (C=O) groups excluding carboxylic acids is 2. The number of amides is 1. The molecular weight excluding hydrogens is 258 g/mol. The molecule has 2 fully saturated rings. The van der Waals surface area contributed by atoms with Crippen LogP contribution in [0.4, 0.5) is 0 Å². The number of Topliss-reactive ketones (excluding diaryl/α,β-unsaturated/α-hetero) is 1. The maximum absolute atomic E-state index is 12.4. The molecule has 0 N–H and O–H groups in total. The zero-order valence-electron chi connectivity index (χ0n) is 11.0. The zero-order chi connectivity index (χ0) is 13.2. The van der Waals surface area contributed by atoms with Crippen LogP contribution < -0.4 is 0 Å². The van der Waals surface area contributed by atoms with Crippen molar-refractivity contribution in [2.24, 2.45) is 5.92 Å². The standard InChI is InChI=1S/C15H19NO2S/c17-14-7-1-5-12(14)13-6-2-8-16(13)15(18)10-11-4-3-9-19-11/h3-4,9,12-13H,1-2,5-8,10H2. The van der Waals surface area contributed by atoms with Gasteiger partial charge in [0.1, 0.15) is 5.78 Å². The van der Waals surface area contributed by atoms with Crippen LogP contribution in [-0.2, 0) is 16.0 Å². The van der Waals surface area contributed by atoms with Crippen LogP contribution in [0.2, 0.25) is 0 Å². The van der Waals surface area contributed by atoms with Gasteiger partial charge in [-0.15, -0.1) is 11.3 Å². The summed E-state index contributed by atoms with van der Waals surface area (Å²) in [5, 5.41) is 2.00. The second-order valence-corrected chi connectivity index (χ2v) is 6.55. The van der Waals surface area contributed by atoms with Gasteiger partial charge in [0, 0.05) is 29.8 Å². The Morgan fingerprint density at radius 2 is 2.26 bits per heavy atom. The van der Waals surface area contributed by atoms with Crippen LogP contribution in [0.15, 0.2) is 17.5 Å². The highest BCUT2D eigenvalue weighted by Gasteiger charge is 2.39. The van der Waals surface area contributed by atoms with E-state index < -0.39 is 0 Å². The summed E-state index contributed by atoms with van der Waals surface area (Å²) < 4.78 is 0. The van der Waals surface area contributed by atoms with E-state index in [-0.39, 0.29) is 17.9 Å². The molecule has 2 unspecified atom stereocenters. The lowest BCUT2D eigenvalue weighted by atomic mass is 9.95. The quantitative estimate of drug-likeness (QED) is 0.852. The highest BCUT2D eigenvalue weighted by molar-refractivity contribution is 7.10. The molecule has 2 heterocycles. The Bertz CT molecular complexity index is 468. The number of rotatable bonds is 3. The van der Waals surface area contributed by atoms with E-state index in [4.69, 9.17) is 0 Å². The topological polar surface area (TPSA) is 37.4 Å². The fraction of sp³-hybridized carbons (Fsp3) is 0.600. The average Bonchev–Trinajstić information content (AvgIpc) is 3.07. The van der Waals surface area contributed by atoms with Gasteiger partial charge < -0.3 is 4.90 Å².